The Balaban J connectivity index is 2.09. The summed E-state index contributed by atoms with van der Waals surface area (Å²) in [5, 5.41) is 15.8. The number of halogens is 1. The van der Waals surface area contributed by atoms with Crippen molar-refractivity contribution >= 4 is 34.5 Å². The van der Waals surface area contributed by atoms with E-state index in [0.717, 1.165) is 5.56 Å². The first-order valence-corrected chi connectivity index (χ1v) is 6.51. The monoisotopic (exact) mass is 276 g/mol. The second kappa shape index (κ2) is 5.67. The minimum Gasteiger partial charge on any atom is -0.324 e. The summed E-state index contributed by atoms with van der Waals surface area (Å²) in [6, 6.07) is 8.67. The highest BCUT2D eigenvalue weighted by Gasteiger charge is 2.08. The van der Waals surface area contributed by atoms with E-state index in [9.17, 15) is 4.79 Å². The minimum atomic E-state index is -0.148. The predicted octanol–water partition coefficient (Wildman–Crippen LogP) is 3.45. The smallest absolute Gasteiger partial charge is 0.228 e. The van der Waals surface area contributed by atoms with Crippen LogP contribution in [-0.4, -0.2) is 5.91 Å². The molecule has 1 amide bonds. The average Bonchev–Trinajstić information content (AvgIpc) is 2.84. The molecule has 2 aromatic rings. The van der Waals surface area contributed by atoms with Gasteiger partial charge < -0.3 is 5.32 Å². The highest BCUT2D eigenvalue weighted by molar-refractivity contribution is 7.08. The molecule has 3 nitrogen and oxygen atoms in total. The topological polar surface area (TPSA) is 52.9 Å². The maximum absolute atomic E-state index is 11.8. The van der Waals surface area contributed by atoms with Gasteiger partial charge in [-0.3, -0.25) is 4.79 Å². The molecule has 2 rings (SSSR count). The Morgan fingerprint density at radius 3 is 2.94 bits per heavy atom. The molecule has 0 aliphatic carbocycles. The van der Waals surface area contributed by atoms with Gasteiger partial charge in [0.1, 0.15) is 0 Å². The fraction of sp³-hybridized carbons (Fsp3) is 0.0769. The largest absolute Gasteiger partial charge is 0.324 e. The van der Waals surface area contributed by atoms with E-state index in [1.807, 2.05) is 22.9 Å². The van der Waals surface area contributed by atoms with Crippen molar-refractivity contribution in [2.45, 2.75) is 6.42 Å². The van der Waals surface area contributed by atoms with Crippen LogP contribution in [0.15, 0.2) is 35.0 Å². The molecule has 0 saturated heterocycles. The molecule has 0 aliphatic heterocycles. The molecule has 0 aliphatic rings. The predicted molar refractivity (Wildman–Crippen MR) is 72.8 cm³/mol. The molecule has 0 unspecified atom stereocenters. The van der Waals surface area contributed by atoms with Crippen LogP contribution >= 0.6 is 22.9 Å². The van der Waals surface area contributed by atoms with Crippen LogP contribution < -0.4 is 5.32 Å². The van der Waals surface area contributed by atoms with Crippen LogP contribution in [0, 0.1) is 11.3 Å². The van der Waals surface area contributed by atoms with Gasteiger partial charge in [0.2, 0.25) is 5.91 Å². The first-order chi connectivity index (χ1) is 8.69. The Kier molecular flexibility index (Phi) is 3.98. The van der Waals surface area contributed by atoms with Gasteiger partial charge in [-0.05, 0) is 40.6 Å². The van der Waals surface area contributed by atoms with Gasteiger partial charge in [-0.25, -0.2) is 0 Å². The van der Waals surface area contributed by atoms with Crippen LogP contribution in [0.1, 0.15) is 11.1 Å². The summed E-state index contributed by atoms with van der Waals surface area (Å²) < 4.78 is 0. The van der Waals surface area contributed by atoms with E-state index in [1.165, 1.54) is 0 Å². The van der Waals surface area contributed by atoms with Crippen LogP contribution in [0.4, 0.5) is 5.69 Å². The maximum Gasteiger partial charge on any atom is 0.228 e. The number of rotatable bonds is 3. The van der Waals surface area contributed by atoms with Crippen molar-refractivity contribution in [3.05, 3.63) is 51.2 Å². The second-order valence-electron chi connectivity index (χ2n) is 3.66. The standard InChI is InChI=1S/C13H9ClN2OS/c14-11-2-1-9(7-15)5-12(11)16-13(17)6-10-3-4-18-8-10/h1-5,8H,6H2,(H,16,17). The van der Waals surface area contributed by atoms with Crippen molar-refractivity contribution in [2.75, 3.05) is 5.32 Å². The van der Waals surface area contributed by atoms with E-state index in [-0.39, 0.29) is 5.91 Å². The number of carbonyl (C=O) groups is 1. The van der Waals surface area contributed by atoms with Gasteiger partial charge in [-0.2, -0.15) is 16.6 Å². The first kappa shape index (κ1) is 12.6. The molecule has 1 N–H and O–H groups in total. The van der Waals surface area contributed by atoms with E-state index in [0.29, 0.717) is 22.7 Å². The summed E-state index contributed by atoms with van der Waals surface area (Å²) in [5.74, 6) is -0.148. The SMILES string of the molecule is N#Cc1ccc(Cl)c(NC(=O)Cc2ccsc2)c1. The lowest BCUT2D eigenvalue weighted by Gasteiger charge is -2.06. The van der Waals surface area contributed by atoms with Gasteiger partial charge in [-0.1, -0.05) is 11.6 Å². The summed E-state index contributed by atoms with van der Waals surface area (Å²) in [7, 11) is 0. The van der Waals surface area contributed by atoms with E-state index < -0.39 is 0 Å². The number of hydrogen-bond acceptors (Lipinski definition) is 3. The maximum atomic E-state index is 11.8. The van der Waals surface area contributed by atoms with Crippen molar-refractivity contribution in [3.8, 4) is 6.07 Å². The zero-order valence-electron chi connectivity index (χ0n) is 9.31. The van der Waals surface area contributed by atoms with E-state index in [2.05, 4.69) is 5.32 Å². The third-order valence-corrected chi connectivity index (χ3v) is 3.38. The lowest BCUT2D eigenvalue weighted by Crippen LogP contribution is -2.14. The van der Waals surface area contributed by atoms with E-state index in [1.54, 1.807) is 29.5 Å². The molecule has 0 saturated carbocycles. The lowest BCUT2D eigenvalue weighted by atomic mass is 10.2. The molecule has 0 radical (unpaired) electrons. The van der Waals surface area contributed by atoms with Crippen LogP contribution in [0.25, 0.3) is 0 Å². The Morgan fingerprint density at radius 2 is 2.28 bits per heavy atom. The van der Waals surface area contributed by atoms with E-state index >= 15 is 0 Å². The Hall–Kier alpha value is -1.83. The molecule has 1 aromatic carbocycles. The summed E-state index contributed by atoms with van der Waals surface area (Å²) in [6.07, 6.45) is 0.302. The van der Waals surface area contributed by atoms with Crippen LogP contribution in [0.5, 0.6) is 0 Å². The number of nitrogens with one attached hydrogen (secondary N) is 1. The third kappa shape index (κ3) is 3.10. The molecule has 0 spiro atoms. The molecule has 0 atom stereocenters. The molecular formula is C13H9ClN2OS. The number of amides is 1. The first-order valence-electron chi connectivity index (χ1n) is 5.19. The normalized spacial score (nSPS) is 9.78. The van der Waals surface area contributed by atoms with Crippen molar-refractivity contribution in [2.24, 2.45) is 0 Å². The Bertz CT molecular complexity index is 602. The molecular weight excluding hydrogens is 268 g/mol. The van der Waals surface area contributed by atoms with Crippen molar-refractivity contribution in [3.63, 3.8) is 0 Å². The summed E-state index contributed by atoms with van der Waals surface area (Å²) >= 11 is 7.51. The number of anilines is 1. The van der Waals surface area contributed by atoms with Crippen LogP contribution in [0.3, 0.4) is 0 Å². The zero-order valence-corrected chi connectivity index (χ0v) is 10.9. The molecule has 0 fully saturated rings. The lowest BCUT2D eigenvalue weighted by molar-refractivity contribution is -0.115. The number of nitriles is 1. The van der Waals surface area contributed by atoms with Crippen molar-refractivity contribution in [1.29, 1.82) is 5.26 Å². The molecule has 90 valence electrons. The summed E-state index contributed by atoms with van der Waals surface area (Å²) in [6.45, 7) is 0. The second-order valence-corrected chi connectivity index (χ2v) is 4.85. The fourth-order valence-corrected chi connectivity index (χ4v) is 2.30. The van der Waals surface area contributed by atoms with Gasteiger partial charge >= 0.3 is 0 Å². The van der Waals surface area contributed by atoms with Crippen LogP contribution in [0.2, 0.25) is 5.02 Å². The van der Waals surface area contributed by atoms with Gasteiger partial charge in [0.15, 0.2) is 0 Å². The number of hydrogen-bond donors (Lipinski definition) is 1. The molecule has 1 heterocycles. The highest BCUT2D eigenvalue weighted by Crippen LogP contribution is 2.23. The van der Waals surface area contributed by atoms with Crippen LogP contribution in [-0.2, 0) is 11.2 Å². The van der Waals surface area contributed by atoms with Gasteiger partial charge in [-0.15, -0.1) is 0 Å². The van der Waals surface area contributed by atoms with Gasteiger partial charge in [0.05, 0.1) is 28.8 Å². The summed E-state index contributed by atoms with van der Waals surface area (Å²) in [5.41, 5.74) is 1.89. The van der Waals surface area contributed by atoms with Gasteiger partial charge in [0, 0.05) is 0 Å². The number of thiophene rings is 1. The Labute approximate surface area is 114 Å². The fourth-order valence-electron chi connectivity index (χ4n) is 1.46. The zero-order chi connectivity index (χ0) is 13.0. The highest BCUT2D eigenvalue weighted by atomic mass is 35.5. The van der Waals surface area contributed by atoms with E-state index in [4.69, 9.17) is 16.9 Å². The van der Waals surface area contributed by atoms with Crippen molar-refractivity contribution in [1.82, 2.24) is 0 Å². The van der Waals surface area contributed by atoms with Crippen molar-refractivity contribution < 1.29 is 4.79 Å². The van der Waals surface area contributed by atoms with Gasteiger partial charge in [0.25, 0.3) is 0 Å². The minimum absolute atomic E-state index is 0.148. The Morgan fingerprint density at radius 1 is 1.44 bits per heavy atom. The summed E-state index contributed by atoms with van der Waals surface area (Å²) in [4.78, 5) is 11.8. The molecule has 1 aromatic heterocycles. The molecule has 5 heteroatoms. The number of benzene rings is 1. The molecule has 18 heavy (non-hydrogen) atoms. The quantitative estimate of drug-likeness (QED) is 0.933. The third-order valence-electron chi connectivity index (χ3n) is 2.31. The molecule has 0 bridgehead atoms. The average molecular weight is 277 g/mol. The number of nitrogens with zero attached hydrogens (tertiary/aromatic N) is 1. The number of carbonyl (C=O) groups excluding carboxylic acids is 1.